The van der Waals surface area contributed by atoms with Crippen molar-refractivity contribution in [1.82, 2.24) is 9.78 Å². The summed E-state index contributed by atoms with van der Waals surface area (Å²) in [4.78, 5) is 0. The van der Waals surface area contributed by atoms with E-state index in [1.54, 1.807) is 6.20 Å². The molecule has 1 aromatic rings. The molecule has 3 rings (SSSR count). The largest absolute Gasteiger partial charge is 0.387 e. The first kappa shape index (κ1) is 13.1. The number of nitrogens with zero attached hydrogens (tertiary/aromatic N) is 2. The molecule has 0 aromatic carbocycles. The lowest BCUT2D eigenvalue weighted by molar-refractivity contribution is -0.118. The molecular weight excluding hydrogens is 244 g/mol. The van der Waals surface area contributed by atoms with Gasteiger partial charge in [-0.2, -0.15) is 5.10 Å². The fourth-order valence-corrected chi connectivity index (χ4v) is 3.30. The van der Waals surface area contributed by atoms with Crippen LogP contribution in [0.25, 0.3) is 0 Å². The molecule has 3 unspecified atom stereocenters. The van der Waals surface area contributed by atoms with Gasteiger partial charge < -0.3 is 14.6 Å². The maximum absolute atomic E-state index is 10.6. The number of hydrogen-bond acceptors (Lipinski definition) is 4. The van der Waals surface area contributed by atoms with Crippen molar-refractivity contribution >= 4 is 0 Å². The molecule has 1 aromatic heterocycles. The maximum atomic E-state index is 10.6. The van der Waals surface area contributed by atoms with Crippen LogP contribution in [0.1, 0.15) is 38.0 Å². The van der Waals surface area contributed by atoms with Crippen LogP contribution in [0, 0.1) is 5.92 Å². The number of aliphatic hydroxyl groups excluding tert-OH is 1. The predicted molar refractivity (Wildman–Crippen MR) is 69.7 cm³/mol. The molecule has 2 aliphatic rings. The SMILES string of the molecule is CCn1nccc1C(O)C1CCOC2(CCOC2)C1. The van der Waals surface area contributed by atoms with Crippen LogP contribution in [0.5, 0.6) is 0 Å². The zero-order chi connectivity index (χ0) is 13.3. The Hall–Kier alpha value is -0.910. The molecule has 0 radical (unpaired) electrons. The third kappa shape index (κ3) is 2.42. The Bertz CT molecular complexity index is 426. The summed E-state index contributed by atoms with van der Waals surface area (Å²) in [5, 5.41) is 14.9. The van der Waals surface area contributed by atoms with Crippen molar-refractivity contribution in [2.24, 2.45) is 5.92 Å². The van der Waals surface area contributed by atoms with E-state index in [0.29, 0.717) is 13.2 Å². The second-order valence-corrected chi connectivity index (χ2v) is 5.60. The molecule has 1 N–H and O–H groups in total. The fraction of sp³-hybridized carbons (Fsp3) is 0.786. The number of aryl methyl sites for hydroxylation is 1. The van der Waals surface area contributed by atoms with Crippen LogP contribution in [-0.4, -0.2) is 40.3 Å². The lowest BCUT2D eigenvalue weighted by Gasteiger charge is -2.38. The third-order valence-corrected chi connectivity index (χ3v) is 4.40. The molecule has 5 heteroatoms. The number of hydrogen-bond donors (Lipinski definition) is 1. The summed E-state index contributed by atoms with van der Waals surface area (Å²) in [5.41, 5.74) is 0.768. The lowest BCUT2D eigenvalue weighted by Crippen LogP contribution is -2.42. The van der Waals surface area contributed by atoms with Crippen molar-refractivity contribution in [3.63, 3.8) is 0 Å². The first-order valence-electron chi connectivity index (χ1n) is 7.15. The van der Waals surface area contributed by atoms with E-state index >= 15 is 0 Å². The average Bonchev–Trinajstić information content (AvgIpc) is 3.07. The van der Waals surface area contributed by atoms with Gasteiger partial charge in [-0.15, -0.1) is 0 Å². The first-order valence-corrected chi connectivity index (χ1v) is 7.15. The highest BCUT2D eigenvalue weighted by Gasteiger charge is 2.43. The van der Waals surface area contributed by atoms with E-state index in [1.165, 1.54) is 0 Å². The Morgan fingerprint density at radius 1 is 1.58 bits per heavy atom. The Morgan fingerprint density at radius 3 is 3.21 bits per heavy atom. The van der Waals surface area contributed by atoms with Gasteiger partial charge in [0.05, 0.1) is 24.0 Å². The lowest BCUT2D eigenvalue weighted by atomic mass is 9.81. The Kier molecular flexibility index (Phi) is 3.60. The van der Waals surface area contributed by atoms with Crippen LogP contribution in [-0.2, 0) is 16.0 Å². The van der Waals surface area contributed by atoms with Gasteiger partial charge in [0.15, 0.2) is 0 Å². The third-order valence-electron chi connectivity index (χ3n) is 4.40. The van der Waals surface area contributed by atoms with Crippen LogP contribution >= 0.6 is 0 Å². The van der Waals surface area contributed by atoms with E-state index < -0.39 is 6.10 Å². The minimum Gasteiger partial charge on any atom is -0.387 e. The van der Waals surface area contributed by atoms with Gasteiger partial charge in [-0.1, -0.05) is 0 Å². The smallest absolute Gasteiger partial charge is 0.0986 e. The van der Waals surface area contributed by atoms with E-state index in [0.717, 1.165) is 38.1 Å². The Labute approximate surface area is 113 Å². The summed E-state index contributed by atoms with van der Waals surface area (Å²) in [6.45, 7) is 4.99. The number of aliphatic hydroxyl groups is 1. The van der Waals surface area contributed by atoms with Gasteiger partial charge in [-0.25, -0.2) is 0 Å². The van der Waals surface area contributed by atoms with Crippen molar-refractivity contribution in [3.05, 3.63) is 18.0 Å². The summed E-state index contributed by atoms with van der Waals surface area (Å²) < 4.78 is 13.3. The van der Waals surface area contributed by atoms with Crippen molar-refractivity contribution < 1.29 is 14.6 Å². The molecule has 2 aliphatic heterocycles. The van der Waals surface area contributed by atoms with Gasteiger partial charge in [0, 0.05) is 32.4 Å². The van der Waals surface area contributed by atoms with E-state index in [2.05, 4.69) is 5.10 Å². The van der Waals surface area contributed by atoms with E-state index in [-0.39, 0.29) is 11.5 Å². The van der Waals surface area contributed by atoms with Crippen LogP contribution in [0.15, 0.2) is 12.3 Å². The molecule has 3 heterocycles. The average molecular weight is 266 g/mol. The Morgan fingerprint density at radius 2 is 2.47 bits per heavy atom. The van der Waals surface area contributed by atoms with Crippen LogP contribution in [0.2, 0.25) is 0 Å². The molecule has 19 heavy (non-hydrogen) atoms. The topological polar surface area (TPSA) is 56.5 Å². The maximum Gasteiger partial charge on any atom is 0.0986 e. The zero-order valence-corrected chi connectivity index (χ0v) is 11.4. The van der Waals surface area contributed by atoms with E-state index in [4.69, 9.17) is 9.47 Å². The summed E-state index contributed by atoms with van der Waals surface area (Å²) in [7, 11) is 0. The molecule has 106 valence electrons. The summed E-state index contributed by atoms with van der Waals surface area (Å²) in [5.74, 6) is 0.234. The normalized spacial score (nSPS) is 32.8. The number of rotatable bonds is 3. The molecule has 3 atom stereocenters. The molecule has 2 saturated heterocycles. The molecule has 0 aliphatic carbocycles. The molecule has 2 fully saturated rings. The fourth-order valence-electron chi connectivity index (χ4n) is 3.30. The van der Waals surface area contributed by atoms with Crippen molar-refractivity contribution in [2.75, 3.05) is 19.8 Å². The number of ether oxygens (including phenoxy) is 2. The second kappa shape index (κ2) is 5.23. The minimum atomic E-state index is -0.455. The molecule has 5 nitrogen and oxygen atoms in total. The van der Waals surface area contributed by atoms with Crippen molar-refractivity contribution in [1.29, 1.82) is 0 Å². The quantitative estimate of drug-likeness (QED) is 0.901. The molecule has 0 saturated carbocycles. The van der Waals surface area contributed by atoms with Gasteiger partial charge >= 0.3 is 0 Å². The van der Waals surface area contributed by atoms with Gasteiger partial charge in [-0.05, 0) is 31.7 Å². The molecule has 0 bridgehead atoms. The summed E-state index contributed by atoms with van der Waals surface area (Å²) >= 11 is 0. The first-order chi connectivity index (χ1) is 9.24. The Balaban J connectivity index is 1.74. The van der Waals surface area contributed by atoms with Gasteiger partial charge in [-0.3, -0.25) is 4.68 Å². The van der Waals surface area contributed by atoms with E-state index in [9.17, 15) is 5.11 Å². The van der Waals surface area contributed by atoms with Crippen LogP contribution in [0.4, 0.5) is 0 Å². The standard InChI is InChI=1S/C14H22N2O3/c1-2-16-12(3-6-15-16)13(17)11-4-7-19-14(9-11)5-8-18-10-14/h3,6,11,13,17H,2,4-5,7-10H2,1H3. The highest BCUT2D eigenvalue weighted by molar-refractivity contribution is 5.07. The minimum absolute atomic E-state index is 0.152. The van der Waals surface area contributed by atoms with Crippen LogP contribution < -0.4 is 0 Å². The molecule has 1 spiro atoms. The van der Waals surface area contributed by atoms with Crippen LogP contribution in [0.3, 0.4) is 0 Å². The van der Waals surface area contributed by atoms with E-state index in [1.807, 2.05) is 17.7 Å². The van der Waals surface area contributed by atoms with Gasteiger partial charge in [0.1, 0.15) is 0 Å². The monoisotopic (exact) mass is 266 g/mol. The summed E-state index contributed by atoms with van der Waals surface area (Å²) in [6.07, 6.45) is 4.03. The highest BCUT2D eigenvalue weighted by Crippen LogP contribution is 2.40. The van der Waals surface area contributed by atoms with Gasteiger partial charge in [0.2, 0.25) is 0 Å². The molecule has 0 amide bonds. The zero-order valence-electron chi connectivity index (χ0n) is 11.4. The van der Waals surface area contributed by atoms with Gasteiger partial charge in [0.25, 0.3) is 0 Å². The second-order valence-electron chi connectivity index (χ2n) is 5.60. The van der Waals surface area contributed by atoms with Crippen molar-refractivity contribution in [3.8, 4) is 0 Å². The molecular formula is C14H22N2O3. The number of aromatic nitrogens is 2. The predicted octanol–water partition coefficient (Wildman–Crippen LogP) is 1.52. The summed E-state index contributed by atoms with van der Waals surface area (Å²) in [6, 6.07) is 1.92. The highest BCUT2D eigenvalue weighted by atomic mass is 16.6. The van der Waals surface area contributed by atoms with Crippen molar-refractivity contribution in [2.45, 2.75) is 44.4 Å².